The van der Waals surface area contributed by atoms with Gasteiger partial charge in [0.15, 0.2) is 0 Å². The first-order valence-corrected chi connectivity index (χ1v) is 7.62. The minimum atomic E-state index is -0.422. The molecule has 0 bridgehead atoms. The van der Waals surface area contributed by atoms with Gasteiger partial charge in [-0.2, -0.15) is 0 Å². The molecule has 2 aromatic carbocycles. The van der Waals surface area contributed by atoms with Gasteiger partial charge in [-0.25, -0.2) is 4.79 Å². The van der Waals surface area contributed by atoms with Crippen molar-refractivity contribution >= 4 is 11.7 Å². The number of para-hydroxylation sites is 1. The van der Waals surface area contributed by atoms with E-state index in [1.54, 1.807) is 4.90 Å². The third kappa shape index (κ3) is 3.91. The van der Waals surface area contributed by atoms with Crippen LogP contribution in [-0.4, -0.2) is 35.2 Å². The molecular formula is C19H18N2O2. The number of amides is 2. The lowest BCUT2D eigenvalue weighted by Gasteiger charge is -2.17. The second-order valence-corrected chi connectivity index (χ2v) is 5.48. The molecule has 0 aliphatic carbocycles. The van der Waals surface area contributed by atoms with Crippen LogP contribution in [0.3, 0.4) is 0 Å². The Hall–Kier alpha value is -2.77. The first-order chi connectivity index (χ1) is 11.2. The molecule has 1 fully saturated rings. The molecule has 1 saturated heterocycles. The highest BCUT2D eigenvalue weighted by Gasteiger charge is 2.24. The number of anilines is 1. The standard InChI is InChI=1S/C19H18N2O2/c22-17-12-13-21(14-17)19(23)20-18-9-5-4-8-16(18)11-10-15-6-2-1-3-7-15/h1-9,17,22H,12-14H2,(H,20,23)/t17-/m1/s1. The quantitative estimate of drug-likeness (QED) is 0.796. The number of likely N-dealkylation sites (tertiary alicyclic amines) is 1. The van der Waals surface area contributed by atoms with Gasteiger partial charge in [-0.15, -0.1) is 0 Å². The molecule has 4 heteroatoms. The Morgan fingerprint density at radius 3 is 2.57 bits per heavy atom. The van der Waals surface area contributed by atoms with Crippen molar-refractivity contribution in [1.29, 1.82) is 0 Å². The summed E-state index contributed by atoms with van der Waals surface area (Å²) in [5, 5.41) is 12.4. The topological polar surface area (TPSA) is 52.6 Å². The lowest BCUT2D eigenvalue weighted by molar-refractivity contribution is 0.176. The monoisotopic (exact) mass is 306 g/mol. The number of β-amino-alcohol motifs (C(OH)–C–C–N with tert-alkyl or cyclic N) is 1. The molecule has 1 heterocycles. The van der Waals surface area contributed by atoms with E-state index in [2.05, 4.69) is 17.2 Å². The number of aliphatic hydroxyl groups excluding tert-OH is 1. The van der Waals surface area contributed by atoms with Crippen molar-refractivity contribution in [2.24, 2.45) is 0 Å². The number of nitrogens with one attached hydrogen (secondary N) is 1. The third-order valence-electron chi connectivity index (χ3n) is 3.73. The van der Waals surface area contributed by atoms with E-state index in [-0.39, 0.29) is 6.03 Å². The first kappa shape index (κ1) is 15.1. The van der Waals surface area contributed by atoms with E-state index >= 15 is 0 Å². The predicted octanol–water partition coefficient (Wildman–Crippen LogP) is 2.68. The van der Waals surface area contributed by atoms with Gasteiger partial charge in [-0.1, -0.05) is 42.2 Å². The molecule has 23 heavy (non-hydrogen) atoms. The Kier molecular flexibility index (Phi) is 4.60. The zero-order valence-corrected chi connectivity index (χ0v) is 12.7. The average molecular weight is 306 g/mol. The van der Waals surface area contributed by atoms with Crippen LogP contribution < -0.4 is 5.32 Å². The minimum Gasteiger partial charge on any atom is -0.391 e. The van der Waals surface area contributed by atoms with E-state index < -0.39 is 6.10 Å². The van der Waals surface area contributed by atoms with Gasteiger partial charge in [-0.3, -0.25) is 0 Å². The fraction of sp³-hybridized carbons (Fsp3) is 0.211. The number of urea groups is 1. The summed E-state index contributed by atoms with van der Waals surface area (Å²) in [6, 6.07) is 17.0. The number of nitrogens with zero attached hydrogens (tertiary/aromatic N) is 1. The van der Waals surface area contributed by atoms with Crippen LogP contribution in [0.1, 0.15) is 17.5 Å². The first-order valence-electron chi connectivity index (χ1n) is 7.62. The highest BCUT2D eigenvalue weighted by atomic mass is 16.3. The Balaban J connectivity index is 1.76. The van der Waals surface area contributed by atoms with Crippen LogP contribution in [0.15, 0.2) is 54.6 Å². The zero-order valence-electron chi connectivity index (χ0n) is 12.7. The Morgan fingerprint density at radius 2 is 1.83 bits per heavy atom. The summed E-state index contributed by atoms with van der Waals surface area (Å²) in [5.74, 6) is 6.20. The summed E-state index contributed by atoms with van der Waals surface area (Å²) >= 11 is 0. The second kappa shape index (κ2) is 6.99. The molecule has 0 spiro atoms. The van der Waals surface area contributed by atoms with Crippen molar-refractivity contribution < 1.29 is 9.90 Å². The molecule has 1 atom stereocenters. The molecule has 1 aliphatic rings. The molecule has 2 aromatic rings. The van der Waals surface area contributed by atoms with Gasteiger partial charge in [0, 0.05) is 24.2 Å². The van der Waals surface area contributed by atoms with Crippen LogP contribution in [0.25, 0.3) is 0 Å². The Morgan fingerprint density at radius 1 is 1.09 bits per heavy atom. The van der Waals surface area contributed by atoms with Crippen molar-refractivity contribution in [2.75, 3.05) is 18.4 Å². The smallest absolute Gasteiger partial charge is 0.321 e. The van der Waals surface area contributed by atoms with Gasteiger partial charge in [0.1, 0.15) is 0 Å². The highest BCUT2D eigenvalue weighted by molar-refractivity contribution is 5.91. The van der Waals surface area contributed by atoms with E-state index in [4.69, 9.17) is 0 Å². The highest BCUT2D eigenvalue weighted by Crippen LogP contribution is 2.16. The van der Waals surface area contributed by atoms with E-state index in [1.807, 2.05) is 54.6 Å². The lowest BCUT2D eigenvalue weighted by atomic mass is 10.1. The van der Waals surface area contributed by atoms with Crippen LogP contribution in [0.4, 0.5) is 10.5 Å². The maximum absolute atomic E-state index is 12.2. The molecule has 2 amide bonds. The summed E-state index contributed by atoms with van der Waals surface area (Å²) < 4.78 is 0. The van der Waals surface area contributed by atoms with Crippen LogP contribution >= 0.6 is 0 Å². The van der Waals surface area contributed by atoms with Gasteiger partial charge >= 0.3 is 6.03 Å². The number of hydrogen-bond acceptors (Lipinski definition) is 2. The van der Waals surface area contributed by atoms with E-state index in [9.17, 15) is 9.90 Å². The van der Waals surface area contributed by atoms with Gasteiger partial charge in [-0.05, 0) is 30.7 Å². The number of aliphatic hydroxyl groups is 1. The molecule has 2 N–H and O–H groups in total. The number of benzene rings is 2. The maximum atomic E-state index is 12.2. The molecule has 4 nitrogen and oxygen atoms in total. The van der Waals surface area contributed by atoms with Crippen LogP contribution in [0, 0.1) is 11.8 Å². The van der Waals surface area contributed by atoms with E-state index in [1.165, 1.54) is 0 Å². The number of rotatable bonds is 1. The molecule has 0 unspecified atom stereocenters. The van der Waals surface area contributed by atoms with E-state index in [0.29, 0.717) is 25.2 Å². The molecule has 0 aromatic heterocycles. The number of hydrogen-bond donors (Lipinski definition) is 2. The van der Waals surface area contributed by atoms with Crippen molar-refractivity contribution in [3.63, 3.8) is 0 Å². The van der Waals surface area contributed by atoms with Gasteiger partial charge in [0.05, 0.1) is 11.8 Å². The Bertz CT molecular complexity index is 747. The van der Waals surface area contributed by atoms with Crippen molar-refractivity contribution in [1.82, 2.24) is 4.90 Å². The molecule has 1 aliphatic heterocycles. The number of carbonyl (C=O) groups is 1. The molecule has 0 saturated carbocycles. The summed E-state index contributed by atoms with van der Waals surface area (Å²) in [7, 11) is 0. The fourth-order valence-electron chi connectivity index (χ4n) is 2.48. The largest absolute Gasteiger partial charge is 0.391 e. The summed E-state index contributed by atoms with van der Waals surface area (Å²) in [5.41, 5.74) is 2.38. The van der Waals surface area contributed by atoms with Crippen LogP contribution in [0.2, 0.25) is 0 Å². The van der Waals surface area contributed by atoms with Crippen LogP contribution in [-0.2, 0) is 0 Å². The molecule has 0 radical (unpaired) electrons. The van der Waals surface area contributed by atoms with E-state index in [0.717, 1.165) is 11.1 Å². The normalized spacial score (nSPS) is 16.6. The number of carbonyl (C=O) groups excluding carboxylic acids is 1. The zero-order chi connectivity index (χ0) is 16.1. The van der Waals surface area contributed by atoms with Gasteiger partial charge in [0.2, 0.25) is 0 Å². The SMILES string of the molecule is O=C(Nc1ccccc1C#Cc1ccccc1)N1CC[C@@H](O)C1. The Labute approximate surface area is 135 Å². The van der Waals surface area contributed by atoms with Gasteiger partial charge in [0.25, 0.3) is 0 Å². The van der Waals surface area contributed by atoms with Crippen LogP contribution in [0.5, 0.6) is 0 Å². The van der Waals surface area contributed by atoms with Crippen molar-refractivity contribution in [2.45, 2.75) is 12.5 Å². The summed E-state index contributed by atoms with van der Waals surface area (Å²) in [6.07, 6.45) is 0.206. The second-order valence-electron chi connectivity index (χ2n) is 5.48. The summed E-state index contributed by atoms with van der Waals surface area (Å²) in [4.78, 5) is 13.9. The van der Waals surface area contributed by atoms with Gasteiger partial charge < -0.3 is 15.3 Å². The molecular weight excluding hydrogens is 288 g/mol. The maximum Gasteiger partial charge on any atom is 0.321 e. The predicted molar refractivity (Wildman–Crippen MR) is 90.1 cm³/mol. The van der Waals surface area contributed by atoms with Crippen molar-refractivity contribution in [3.05, 3.63) is 65.7 Å². The molecule has 116 valence electrons. The molecule has 3 rings (SSSR count). The minimum absolute atomic E-state index is 0.199. The van der Waals surface area contributed by atoms with Crippen molar-refractivity contribution in [3.8, 4) is 11.8 Å². The summed E-state index contributed by atoms with van der Waals surface area (Å²) in [6.45, 7) is 0.953. The lowest BCUT2D eigenvalue weighted by Crippen LogP contribution is -2.33. The third-order valence-corrected chi connectivity index (χ3v) is 3.73. The fourth-order valence-corrected chi connectivity index (χ4v) is 2.48. The average Bonchev–Trinajstić information content (AvgIpc) is 3.02.